The standard InChI is InChI=1S/C10H21N2O2/c1-9(2)10(13)14-8-12(3,4)7-5-6-11/h1,5-8,11H2,2-4H3/q+1. The summed E-state index contributed by atoms with van der Waals surface area (Å²) in [5.41, 5.74) is 5.84. The zero-order chi connectivity index (χ0) is 11.2. The molecule has 82 valence electrons. The number of ether oxygens (including phenoxy) is 1. The molecule has 0 radical (unpaired) electrons. The predicted octanol–water partition coefficient (Wildman–Crippen LogP) is 0.488. The Morgan fingerprint density at radius 1 is 1.50 bits per heavy atom. The topological polar surface area (TPSA) is 52.3 Å². The van der Waals surface area contributed by atoms with Crippen molar-refractivity contribution in [2.45, 2.75) is 13.3 Å². The van der Waals surface area contributed by atoms with Crippen LogP contribution in [0.3, 0.4) is 0 Å². The number of rotatable bonds is 6. The normalized spacial score (nSPS) is 11.1. The zero-order valence-corrected chi connectivity index (χ0v) is 9.38. The first kappa shape index (κ1) is 13.1. The predicted molar refractivity (Wildman–Crippen MR) is 56.4 cm³/mol. The van der Waals surface area contributed by atoms with Crippen LogP contribution in [0.4, 0.5) is 0 Å². The van der Waals surface area contributed by atoms with Crippen molar-refractivity contribution in [1.29, 1.82) is 0 Å². The van der Waals surface area contributed by atoms with Crippen LogP contribution in [0.25, 0.3) is 0 Å². The Bertz CT molecular complexity index is 212. The SMILES string of the molecule is C=C(C)C(=O)OC[N+](C)(C)CCCN. The highest BCUT2D eigenvalue weighted by Gasteiger charge is 2.16. The highest BCUT2D eigenvalue weighted by atomic mass is 16.5. The van der Waals surface area contributed by atoms with Gasteiger partial charge in [0.1, 0.15) is 0 Å². The minimum atomic E-state index is -0.330. The highest BCUT2D eigenvalue weighted by molar-refractivity contribution is 5.86. The second-order valence-electron chi connectivity index (χ2n) is 4.14. The van der Waals surface area contributed by atoms with Crippen molar-refractivity contribution in [2.24, 2.45) is 5.73 Å². The van der Waals surface area contributed by atoms with E-state index in [9.17, 15) is 4.79 Å². The van der Waals surface area contributed by atoms with Gasteiger partial charge in [-0.25, -0.2) is 4.79 Å². The van der Waals surface area contributed by atoms with E-state index in [1.165, 1.54) is 0 Å². The van der Waals surface area contributed by atoms with E-state index >= 15 is 0 Å². The zero-order valence-electron chi connectivity index (χ0n) is 9.38. The fourth-order valence-electron chi connectivity index (χ4n) is 0.940. The summed E-state index contributed by atoms with van der Waals surface area (Å²) in [5.74, 6) is -0.330. The number of quaternary nitrogens is 1. The molecule has 0 aromatic carbocycles. The number of nitrogens with two attached hydrogens (primary N) is 1. The van der Waals surface area contributed by atoms with Crippen molar-refractivity contribution in [3.05, 3.63) is 12.2 Å². The lowest BCUT2D eigenvalue weighted by Gasteiger charge is -2.28. The molecule has 2 N–H and O–H groups in total. The molecule has 0 aromatic heterocycles. The van der Waals surface area contributed by atoms with Crippen molar-refractivity contribution in [1.82, 2.24) is 0 Å². The lowest BCUT2D eigenvalue weighted by Crippen LogP contribution is -2.43. The number of carbonyl (C=O) groups excluding carboxylic acids is 1. The first-order valence-electron chi connectivity index (χ1n) is 4.74. The van der Waals surface area contributed by atoms with E-state index in [0.717, 1.165) is 13.0 Å². The van der Waals surface area contributed by atoms with Crippen LogP contribution in [-0.2, 0) is 9.53 Å². The molecule has 4 heteroatoms. The van der Waals surface area contributed by atoms with Crippen LogP contribution in [0.1, 0.15) is 13.3 Å². The summed E-state index contributed by atoms with van der Waals surface area (Å²) in [7, 11) is 4.00. The van der Waals surface area contributed by atoms with Gasteiger partial charge in [0, 0.05) is 12.0 Å². The molecule has 0 fully saturated rings. The van der Waals surface area contributed by atoms with Gasteiger partial charge >= 0.3 is 5.97 Å². The van der Waals surface area contributed by atoms with E-state index in [0.29, 0.717) is 23.3 Å². The van der Waals surface area contributed by atoms with Crippen molar-refractivity contribution in [2.75, 3.05) is 33.9 Å². The van der Waals surface area contributed by atoms with Crippen LogP contribution in [0.5, 0.6) is 0 Å². The first-order chi connectivity index (χ1) is 6.39. The molecule has 0 unspecified atom stereocenters. The highest BCUT2D eigenvalue weighted by Crippen LogP contribution is 2.01. The van der Waals surface area contributed by atoms with Gasteiger partial charge in [0.25, 0.3) is 0 Å². The third kappa shape index (κ3) is 5.72. The summed E-state index contributed by atoms with van der Waals surface area (Å²) >= 11 is 0. The summed E-state index contributed by atoms with van der Waals surface area (Å²) < 4.78 is 5.69. The van der Waals surface area contributed by atoms with Gasteiger partial charge < -0.3 is 10.5 Å². The maximum absolute atomic E-state index is 11.1. The second kappa shape index (κ2) is 5.78. The van der Waals surface area contributed by atoms with Gasteiger partial charge in [0.15, 0.2) is 0 Å². The minimum Gasteiger partial charge on any atom is -0.412 e. The van der Waals surface area contributed by atoms with Gasteiger partial charge in [-0.1, -0.05) is 6.58 Å². The van der Waals surface area contributed by atoms with Crippen LogP contribution in [-0.4, -0.2) is 44.4 Å². The van der Waals surface area contributed by atoms with Gasteiger partial charge in [-0.15, -0.1) is 0 Å². The summed E-state index contributed by atoms with van der Waals surface area (Å²) in [6, 6.07) is 0. The fraction of sp³-hybridized carbons (Fsp3) is 0.700. The van der Waals surface area contributed by atoms with E-state index in [2.05, 4.69) is 6.58 Å². The molecule has 0 saturated heterocycles. The van der Waals surface area contributed by atoms with Crippen molar-refractivity contribution in [3.8, 4) is 0 Å². The monoisotopic (exact) mass is 201 g/mol. The molecular formula is C10H21N2O2+. The molecule has 0 heterocycles. The second-order valence-corrected chi connectivity index (χ2v) is 4.14. The minimum absolute atomic E-state index is 0.330. The third-order valence-electron chi connectivity index (χ3n) is 1.86. The molecule has 14 heavy (non-hydrogen) atoms. The van der Waals surface area contributed by atoms with Crippen LogP contribution in [0.15, 0.2) is 12.2 Å². The molecular weight excluding hydrogens is 180 g/mol. The van der Waals surface area contributed by atoms with E-state index in [1.807, 2.05) is 14.1 Å². The van der Waals surface area contributed by atoms with Gasteiger partial charge in [-0.3, -0.25) is 4.48 Å². The molecule has 0 saturated carbocycles. The Morgan fingerprint density at radius 3 is 2.50 bits per heavy atom. The Labute approximate surface area is 85.9 Å². The number of hydrogen-bond acceptors (Lipinski definition) is 3. The number of nitrogens with zero attached hydrogens (tertiary/aromatic N) is 1. The van der Waals surface area contributed by atoms with E-state index < -0.39 is 0 Å². The summed E-state index contributed by atoms with van der Waals surface area (Å²) in [6.45, 7) is 7.09. The average Bonchev–Trinajstić information content (AvgIpc) is 2.11. The quantitative estimate of drug-likeness (QED) is 0.294. The maximum atomic E-state index is 11.1. The largest absolute Gasteiger partial charge is 0.412 e. The number of carbonyl (C=O) groups is 1. The summed E-state index contributed by atoms with van der Waals surface area (Å²) in [5, 5.41) is 0. The lowest BCUT2D eigenvalue weighted by atomic mass is 10.3. The van der Waals surface area contributed by atoms with Gasteiger partial charge in [0.2, 0.25) is 6.73 Å². The molecule has 0 amide bonds. The molecule has 0 bridgehead atoms. The maximum Gasteiger partial charge on any atom is 0.337 e. The first-order valence-corrected chi connectivity index (χ1v) is 4.74. The van der Waals surface area contributed by atoms with Crippen molar-refractivity contribution >= 4 is 5.97 Å². The van der Waals surface area contributed by atoms with Crippen LogP contribution in [0, 0.1) is 0 Å². The van der Waals surface area contributed by atoms with Gasteiger partial charge in [-0.2, -0.15) is 0 Å². The number of hydrogen-bond donors (Lipinski definition) is 1. The molecule has 0 atom stereocenters. The Kier molecular flexibility index (Phi) is 5.42. The smallest absolute Gasteiger partial charge is 0.337 e. The van der Waals surface area contributed by atoms with Crippen LogP contribution in [0.2, 0.25) is 0 Å². The van der Waals surface area contributed by atoms with Gasteiger partial charge in [0.05, 0.1) is 20.6 Å². The Balaban J connectivity index is 3.86. The molecule has 0 aromatic rings. The van der Waals surface area contributed by atoms with Crippen LogP contribution < -0.4 is 5.73 Å². The fourth-order valence-corrected chi connectivity index (χ4v) is 0.940. The molecule has 0 rings (SSSR count). The lowest BCUT2D eigenvalue weighted by molar-refractivity contribution is -0.907. The summed E-state index contributed by atoms with van der Waals surface area (Å²) in [6.07, 6.45) is 0.928. The van der Waals surface area contributed by atoms with Crippen molar-refractivity contribution < 1.29 is 14.0 Å². The van der Waals surface area contributed by atoms with Crippen molar-refractivity contribution in [3.63, 3.8) is 0 Å². The van der Waals surface area contributed by atoms with Gasteiger partial charge in [-0.05, 0) is 13.5 Å². The Morgan fingerprint density at radius 2 is 2.07 bits per heavy atom. The molecule has 0 spiro atoms. The number of esters is 1. The average molecular weight is 201 g/mol. The molecule has 4 nitrogen and oxygen atoms in total. The van der Waals surface area contributed by atoms with E-state index in [4.69, 9.17) is 10.5 Å². The Hall–Kier alpha value is -0.870. The molecule has 0 aliphatic heterocycles. The third-order valence-corrected chi connectivity index (χ3v) is 1.86. The van der Waals surface area contributed by atoms with E-state index in [-0.39, 0.29) is 5.97 Å². The molecule has 0 aliphatic rings. The van der Waals surface area contributed by atoms with E-state index in [1.54, 1.807) is 6.92 Å². The molecule has 0 aliphatic carbocycles. The summed E-state index contributed by atoms with van der Waals surface area (Å²) in [4.78, 5) is 11.1. The van der Waals surface area contributed by atoms with Crippen LogP contribution >= 0.6 is 0 Å².